The molecule has 2 fully saturated rings. The van der Waals surface area contributed by atoms with E-state index >= 15 is 0 Å². The first-order valence-electron chi connectivity index (χ1n) is 7.27. The molecule has 0 saturated heterocycles. The van der Waals surface area contributed by atoms with Crippen LogP contribution in [0.1, 0.15) is 50.5 Å². The van der Waals surface area contributed by atoms with E-state index in [0.29, 0.717) is 11.1 Å². The molecule has 0 aliphatic heterocycles. The summed E-state index contributed by atoms with van der Waals surface area (Å²) in [6, 6.07) is 3.89. The Hall–Kier alpha value is -0.900. The molecule has 1 aromatic heterocycles. The monoisotopic (exact) mass is 336 g/mol. The average molecular weight is 337 g/mol. The van der Waals surface area contributed by atoms with Gasteiger partial charge in [0.1, 0.15) is 5.69 Å². The smallest absolute Gasteiger partial charge is 0.270 e. The van der Waals surface area contributed by atoms with Gasteiger partial charge in [0.15, 0.2) is 0 Å². The molecule has 2 aliphatic carbocycles. The van der Waals surface area contributed by atoms with E-state index in [1.54, 1.807) is 12.3 Å². The molecule has 1 N–H and O–H groups in total. The Morgan fingerprint density at radius 3 is 2.65 bits per heavy atom. The highest BCUT2D eigenvalue weighted by atomic mass is 79.9. The number of aromatic nitrogens is 1. The minimum atomic E-state index is -0.0490. The molecular weight excluding hydrogens is 316 g/mol. The van der Waals surface area contributed by atoms with Crippen molar-refractivity contribution in [3.05, 3.63) is 28.5 Å². The van der Waals surface area contributed by atoms with Crippen molar-refractivity contribution in [2.75, 3.05) is 0 Å². The Morgan fingerprint density at radius 1 is 1.40 bits per heavy atom. The van der Waals surface area contributed by atoms with E-state index < -0.39 is 0 Å². The molecule has 3 nitrogen and oxygen atoms in total. The van der Waals surface area contributed by atoms with Crippen LogP contribution in [-0.2, 0) is 0 Å². The van der Waals surface area contributed by atoms with E-state index in [1.165, 1.54) is 12.8 Å². The highest BCUT2D eigenvalue weighted by molar-refractivity contribution is 9.10. The third-order valence-electron chi connectivity index (χ3n) is 6.06. The van der Waals surface area contributed by atoms with Gasteiger partial charge in [0, 0.05) is 16.7 Å². The highest BCUT2D eigenvalue weighted by Gasteiger charge is 2.61. The lowest BCUT2D eigenvalue weighted by Gasteiger charge is -2.39. The number of pyridine rings is 1. The Balaban J connectivity index is 1.76. The Morgan fingerprint density at radius 2 is 2.15 bits per heavy atom. The second kappa shape index (κ2) is 4.55. The van der Waals surface area contributed by atoms with Gasteiger partial charge in [-0.05, 0) is 64.1 Å². The van der Waals surface area contributed by atoms with Crippen molar-refractivity contribution in [1.82, 2.24) is 10.3 Å². The van der Waals surface area contributed by atoms with Crippen LogP contribution in [-0.4, -0.2) is 16.9 Å². The molecule has 3 unspecified atom stereocenters. The zero-order chi connectivity index (χ0) is 14.5. The quantitative estimate of drug-likeness (QED) is 0.892. The topological polar surface area (TPSA) is 42.0 Å². The zero-order valence-corrected chi connectivity index (χ0v) is 13.8. The summed E-state index contributed by atoms with van der Waals surface area (Å²) in [6.45, 7) is 7.05. The summed E-state index contributed by atoms with van der Waals surface area (Å²) in [4.78, 5) is 16.5. The second-order valence-corrected chi connectivity index (χ2v) is 7.91. The number of carbonyl (C=O) groups is 1. The number of carbonyl (C=O) groups excluding carboxylic acids is 1. The molecule has 0 radical (unpaired) electrons. The molecule has 2 bridgehead atoms. The number of rotatable bonds is 2. The van der Waals surface area contributed by atoms with Crippen LogP contribution < -0.4 is 5.32 Å². The van der Waals surface area contributed by atoms with Crippen LogP contribution >= 0.6 is 15.9 Å². The molecule has 2 saturated carbocycles. The molecule has 1 heterocycles. The van der Waals surface area contributed by atoms with Gasteiger partial charge in [-0.2, -0.15) is 0 Å². The Kier molecular flexibility index (Phi) is 3.20. The number of fused-ring (bicyclic) bond motifs is 2. The van der Waals surface area contributed by atoms with Crippen molar-refractivity contribution in [2.45, 2.75) is 46.1 Å². The molecule has 2 aliphatic rings. The van der Waals surface area contributed by atoms with Crippen molar-refractivity contribution in [1.29, 1.82) is 0 Å². The predicted octanol–water partition coefficient (Wildman–Crippen LogP) is 3.79. The predicted molar refractivity (Wildman–Crippen MR) is 82.4 cm³/mol. The number of hydrogen-bond donors (Lipinski definition) is 1. The van der Waals surface area contributed by atoms with Gasteiger partial charge in [0.25, 0.3) is 5.91 Å². The molecule has 1 aromatic rings. The van der Waals surface area contributed by atoms with Crippen molar-refractivity contribution in [3.63, 3.8) is 0 Å². The van der Waals surface area contributed by atoms with E-state index in [-0.39, 0.29) is 17.4 Å². The van der Waals surface area contributed by atoms with Crippen LogP contribution in [0.15, 0.2) is 22.8 Å². The molecule has 108 valence electrons. The fourth-order valence-corrected chi connectivity index (χ4v) is 4.40. The lowest BCUT2D eigenvalue weighted by Crippen LogP contribution is -2.47. The van der Waals surface area contributed by atoms with E-state index in [4.69, 9.17) is 0 Å². The number of halogens is 1. The molecule has 4 heteroatoms. The van der Waals surface area contributed by atoms with Crippen molar-refractivity contribution < 1.29 is 4.79 Å². The van der Waals surface area contributed by atoms with Gasteiger partial charge in [-0.15, -0.1) is 0 Å². The molecule has 3 rings (SSSR count). The largest absolute Gasteiger partial charge is 0.347 e. The lowest BCUT2D eigenvalue weighted by atomic mass is 9.69. The maximum Gasteiger partial charge on any atom is 0.270 e. The summed E-state index contributed by atoms with van der Waals surface area (Å²) in [7, 11) is 0. The number of amides is 1. The van der Waals surface area contributed by atoms with E-state index in [2.05, 4.69) is 47.0 Å². The van der Waals surface area contributed by atoms with E-state index in [1.807, 2.05) is 6.07 Å². The van der Waals surface area contributed by atoms with Crippen LogP contribution in [0.4, 0.5) is 0 Å². The first-order valence-corrected chi connectivity index (χ1v) is 8.06. The maximum absolute atomic E-state index is 12.4. The summed E-state index contributed by atoms with van der Waals surface area (Å²) in [5.41, 5.74) is 1.03. The van der Waals surface area contributed by atoms with Gasteiger partial charge in [0.05, 0.1) is 0 Å². The van der Waals surface area contributed by atoms with Gasteiger partial charge in [-0.3, -0.25) is 4.79 Å². The third kappa shape index (κ3) is 1.92. The number of nitrogens with one attached hydrogen (secondary N) is 1. The number of hydrogen-bond acceptors (Lipinski definition) is 2. The third-order valence-corrected chi connectivity index (χ3v) is 6.53. The molecule has 1 amide bonds. The molecule has 0 spiro atoms. The Labute approximate surface area is 128 Å². The summed E-state index contributed by atoms with van der Waals surface area (Å²) in [5, 5.41) is 3.23. The van der Waals surface area contributed by atoms with Crippen molar-refractivity contribution in [2.24, 2.45) is 16.7 Å². The van der Waals surface area contributed by atoms with Crippen molar-refractivity contribution >= 4 is 21.8 Å². The summed E-state index contributed by atoms with van der Waals surface area (Å²) >= 11 is 3.34. The van der Waals surface area contributed by atoms with Gasteiger partial charge in [-0.1, -0.05) is 20.8 Å². The average Bonchev–Trinajstić information content (AvgIpc) is 2.72. The van der Waals surface area contributed by atoms with Crippen LogP contribution in [0, 0.1) is 16.7 Å². The van der Waals surface area contributed by atoms with Crippen LogP contribution in [0.25, 0.3) is 0 Å². The Bertz CT molecular complexity index is 540. The fraction of sp³-hybridized carbons (Fsp3) is 0.625. The first kappa shape index (κ1) is 14.1. The molecule has 3 atom stereocenters. The standard InChI is InChI=1S/C16H21BrN2O/c1-15(2)10-6-7-16(15,3)13(8-10)19-14(20)12-5-4-11(17)9-18-12/h4-5,9-10,13H,6-8H2,1-3H3,(H,19,20). The number of nitrogens with zero attached hydrogens (tertiary/aromatic N) is 1. The fourth-order valence-electron chi connectivity index (χ4n) is 4.16. The molecule has 0 aromatic carbocycles. The van der Waals surface area contributed by atoms with Crippen LogP contribution in [0.5, 0.6) is 0 Å². The minimum absolute atomic E-state index is 0.0490. The van der Waals surface area contributed by atoms with Gasteiger partial charge >= 0.3 is 0 Å². The van der Waals surface area contributed by atoms with Crippen molar-refractivity contribution in [3.8, 4) is 0 Å². The second-order valence-electron chi connectivity index (χ2n) is 7.00. The van der Waals surface area contributed by atoms with E-state index in [9.17, 15) is 4.79 Å². The van der Waals surface area contributed by atoms with Gasteiger partial charge < -0.3 is 5.32 Å². The van der Waals surface area contributed by atoms with Gasteiger partial charge in [0.2, 0.25) is 0 Å². The lowest BCUT2D eigenvalue weighted by molar-refractivity contribution is 0.0821. The van der Waals surface area contributed by atoms with Crippen LogP contribution in [0.2, 0.25) is 0 Å². The normalized spacial score (nSPS) is 34.2. The summed E-state index contributed by atoms with van der Waals surface area (Å²) in [6.07, 6.45) is 5.28. The van der Waals surface area contributed by atoms with E-state index in [0.717, 1.165) is 16.8 Å². The minimum Gasteiger partial charge on any atom is -0.347 e. The first-order chi connectivity index (χ1) is 9.34. The highest BCUT2D eigenvalue weighted by Crippen LogP contribution is 2.65. The maximum atomic E-state index is 12.4. The SMILES string of the molecule is CC1(C)C2CCC1(C)C(NC(=O)c1ccc(Br)cn1)C2. The summed E-state index contributed by atoms with van der Waals surface area (Å²) < 4.78 is 0.891. The molecular formula is C16H21BrN2O. The van der Waals surface area contributed by atoms with Gasteiger partial charge in [-0.25, -0.2) is 4.98 Å². The van der Waals surface area contributed by atoms with Crippen LogP contribution in [0.3, 0.4) is 0 Å². The summed E-state index contributed by atoms with van der Waals surface area (Å²) in [5.74, 6) is 0.683. The zero-order valence-electron chi connectivity index (χ0n) is 12.2. The molecule has 20 heavy (non-hydrogen) atoms.